The fourth-order valence-electron chi connectivity index (χ4n) is 3.10. The van der Waals surface area contributed by atoms with Crippen LogP contribution in [0.25, 0.3) is 21.9 Å². The highest BCUT2D eigenvalue weighted by atomic mass is 19.1. The molecule has 126 valence electrons. The Bertz CT molecular complexity index is 888. The van der Waals surface area contributed by atoms with Gasteiger partial charge in [-0.05, 0) is 59.4 Å². The van der Waals surface area contributed by atoms with Crippen LogP contribution in [-0.4, -0.2) is 0 Å². The zero-order chi connectivity index (χ0) is 17.6. The Morgan fingerprint density at radius 2 is 1.44 bits per heavy atom. The van der Waals surface area contributed by atoms with Gasteiger partial charge in [0, 0.05) is 5.39 Å². The van der Waals surface area contributed by atoms with Crippen LogP contribution in [0.3, 0.4) is 0 Å². The molecule has 3 aromatic rings. The second-order valence-corrected chi connectivity index (χ2v) is 6.33. The molecule has 0 aromatic heterocycles. The van der Waals surface area contributed by atoms with Crippen LogP contribution in [0.4, 0.5) is 4.39 Å². The van der Waals surface area contributed by atoms with E-state index in [1.54, 1.807) is 0 Å². The highest BCUT2D eigenvalue weighted by Crippen LogP contribution is 2.28. The third-order valence-corrected chi connectivity index (χ3v) is 4.58. The van der Waals surface area contributed by atoms with Crippen molar-refractivity contribution in [3.05, 3.63) is 96.9 Å². The first-order valence-electron chi connectivity index (χ1n) is 8.75. The maximum atomic E-state index is 14.7. The van der Waals surface area contributed by atoms with Crippen molar-refractivity contribution in [2.75, 3.05) is 0 Å². The number of benzene rings is 3. The molecule has 0 radical (unpaired) electrons. The lowest BCUT2D eigenvalue weighted by Crippen LogP contribution is -1.92. The van der Waals surface area contributed by atoms with Gasteiger partial charge in [-0.3, -0.25) is 0 Å². The predicted molar refractivity (Wildman–Crippen MR) is 106 cm³/mol. The molecule has 0 saturated carbocycles. The zero-order valence-electron chi connectivity index (χ0n) is 14.5. The van der Waals surface area contributed by atoms with Crippen LogP contribution >= 0.6 is 0 Å². The maximum absolute atomic E-state index is 14.7. The fraction of sp³-hybridized carbons (Fsp3) is 0.167. The molecule has 0 fully saturated rings. The molecule has 1 heteroatoms. The number of aryl methyl sites for hydroxylation is 2. The zero-order valence-corrected chi connectivity index (χ0v) is 14.5. The Hall–Kier alpha value is -2.67. The average Bonchev–Trinajstić information content (AvgIpc) is 2.66. The van der Waals surface area contributed by atoms with E-state index >= 15 is 0 Å². The van der Waals surface area contributed by atoms with E-state index in [1.807, 2.05) is 36.4 Å². The van der Waals surface area contributed by atoms with Crippen LogP contribution in [0.5, 0.6) is 0 Å². The largest absolute Gasteiger partial charge is 0.206 e. The van der Waals surface area contributed by atoms with Gasteiger partial charge in [-0.2, -0.15) is 0 Å². The van der Waals surface area contributed by atoms with Gasteiger partial charge in [-0.25, -0.2) is 4.39 Å². The fourth-order valence-corrected chi connectivity index (χ4v) is 3.10. The van der Waals surface area contributed by atoms with Gasteiger partial charge < -0.3 is 0 Å². The molecule has 3 aromatic carbocycles. The molecule has 0 amide bonds. The second kappa shape index (κ2) is 7.94. The topological polar surface area (TPSA) is 0 Å². The van der Waals surface area contributed by atoms with E-state index in [4.69, 9.17) is 0 Å². The van der Waals surface area contributed by atoms with Crippen molar-refractivity contribution in [3.63, 3.8) is 0 Å². The average molecular weight is 330 g/mol. The summed E-state index contributed by atoms with van der Waals surface area (Å²) in [7, 11) is 0. The Kier molecular flexibility index (Phi) is 5.45. The normalized spacial score (nSPS) is 10.8. The minimum atomic E-state index is -0.106. The van der Waals surface area contributed by atoms with Crippen molar-refractivity contribution in [2.24, 2.45) is 0 Å². The summed E-state index contributed by atoms with van der Waals surface area (Å²) in [6, 6.07) is 18.4. The quantitative estimate of drug-likeness (QED) is 0.414. The molecule has 0 aliphatic carbocycles. The number of rotatable bonds is 7. The van der Waals surface area contributed by atoms with Crippen molar-refractivity contribution in [3.8, 4) is 11.1 Å². The summed E-state index contributed by atoms with van der Waals surface area (Å²) in [5, 5.41) is 1.63. The van der Waals surface area contributed by atoms with E-state index in [0.29, 0.717) is 11.8 Å². The van der Waals surface area contributed by atoms with Gasteiger partial charge in [0.05, 0.1) is 0 Å². The lowest BCUT2D eigenvalue weighted by Gasteiger charge is -2.09. The molecule has 0 spiro atoms. The molecule has 0 bridgehead atoms. The van der Waals surface area contributed by atoms with Gasteiger partial charge in [-0.1, -0.05) is 60.7 Å². The number of hydrogen-bond donors (Lipinski definition) is 0. The molecule has 3 rings (SSSR count). The molecule has 25 heavy (non-hydrogen) atoms. The molecule has 0 N–H and O–H groups in total. The summed E-state index contributed by atoms with van der Waals surface area (Å²) in [6.45, 7) is 7.47. The van der Waals surface area contributed by atoms with Gasteiger partial charge in [-0.15, -0.1) is 13.2 Å². The Balaban J connectivity index is 1.90. The molecular weight excluding hydrogens is 307 g/mol. The summed E-state index contributed by atoms with van der Waals surface area (Å²) in [6.07, 6.45) is 7.25. The summed E-state index contributed by atoms with van der Waals surface area (Å²) in [4.78, 5) is 0. The van der Waals surface area contributed by atoms with Crippen LogP contribution in [0, 0.1) is 5.82 Å². The minimum Gasteiger partial charge on any atom is -0.206 e. The predicted octanol–water partition coefficient (Wildman–Crippen LogP) is 6.88. The summed E-state index contributed by atoms with van der Waals surface area (Å²) in [5.41, 5.74) is 4.33. The van der Waals surface area contributed by atoms with E-state index in [2.05, 4.69) is 43.5 Å². The molecule has 0 nitrogen and oxygen atoms in total. The van der Waals surface area contributed by atoms with Crippen LogP contribution in [-0.2, 0) is 12.8 Å². The van der Waals surface area contributed by atoms with Gasteiger partial charge in [0.1, 0.15) is 5.82 Å². The number of hydrogen-bond acceptors (Lipinski definition) is 0. The molecular formula is C24H23F. The highest BCUT2D eigenvalue weighted by Gasteiger charge is 2.08. The standard InChI is InChI=1S/C24H23F/c1-3-5-7-18-9-11-19(12-10-18)21-15-16-23-22(17-21)14-13-20(24(23)25)8-6-4-2/h3-4,9-17H,1-2,5-8H2. The van der Waals surface area contributed by atoms with Crippen molar-refractivity contribution < 1.29 is 4.39 Å². The van der Waals surface area contributed by atoms with E-state index < -0.39 is 0 Å². The van der Waals surface area contributed by atoms with Crippen LogP contribution < -0.4 is 0 Å². The Labute approximate surface area is 149 Å². The first-order chi connectivity index (χ1) is 12.2. The monoisotopic (exact) mass is 330 g/mol. The Morgan fingerprint density at radius 1 is 0.760 bits per heavy atom. The van der Waals surface area contributed by atoms with Crippen molar-refractivity contribution in [1.29, 1.82) is 0 Å². The molecule has 0 aliphatic heterocycles. The number of halogens is 1. The van der Waals surface area contributed by atoms with Gasteiger partial charge in [0.15, 0.2) is 0 Å². The van der Waals surface area contributed by atoms with Crippen LogP contribution in [0.15, 0.2) is 79.9 Å². The van der Waals surface area contributed by atoms with Crippen LogP contribution in [0.1, 0.15) is 24.0 Å². The summed E-state index contributed by atoms with van der Waals surface area (Å²) >= 11 is 0. The van der Waals surface area contributed by atoms with E-state index in [1.165, 1.54) is 5.56 Å². The lowest BCUT2D eigenvalue weighted by atomic mass is 9.97. The molecule has 0 atom stereocenters. The first-order valence-corrected chi connectivity index (χ1v) is 8.75. The lowest BCUT2D eigenvalue weighted by molar-refractivity contribution is 0.621. The van der Waals surface area contributed by atoms with Crippen molar-refractivity contribution in [2.45, 2.75) is 25.7 Å². The van der Waals surface area contributed by atoms with Gasteiger partial charge in [0.2, 0.25) is 0 Å². The number of fused-ring (bicyclic) bond motifs is 1. The second-order valence-electron chi connectivity index (χ2n) is 6.33. The van der Waals surface area contributed by atoms with Crippen LogP contribution in [0.2, 0.25) is 0 Å². The molecule has 0 saturated heterocycles. The van der Waals surface area contributed by atoms with Gasteiger partial charge >= 0.3 is 0 Å². The summed E-state index contributed by atoms with van der Waals surface area (Å²) in [5.74, 6) is -0.106. The Morgan fingerprint density at radius 3 is 2.16 bits per heavy atom. The summed E-state index contributed by atoms with van der Waals surface area (Å²) < 4.78 is 14.7. The highest BCUT2D eigenvalue weighted by molar-refractivity contribution is 5.88. The maximum Gasteiger partial charge on any atom is 0.134 e. The molecule has 0 heterocycles. The number of allylic oxidation sites excluding steroid dienone is 2. The molecule has 0 aliphatic rings. The third kappa shape index (κ3) is 3.88. The smallest absolute Gasteiger partial charge is 0.134 e. The SMILES string of the molecule is C=CCCc1ccc(-c2ccc3c(F)c(CCC=C)ccc3c2)cc1. The first kappa shape index (κ1) is 17.2. The van der Waals surface area contributed by atoms with Crippen molar-refractivity contribution in [1.82, 2.24) is 0 Å². The van der Waals surface area contributed by atoms with Crippen molar-refractivity contribution >= 4 is 10.8 Å². The molecule has 0 unspecified atom stereocenters. The van der Waals surface area contributed by atoms with Gasteiger partial charge in [0.25, 0.3) is 0 Å². The van der Waals surface area contributed by atoms with E-state index in [0.717, 1.165) is 41.3 Å². The third-order valence-electron chi connectivity index (χ3n) is 4.58. The van der Waals surface area contributed by atoms with E-state index in [-0.39, 0.29) is 5.82 Å². The minimum absolute atomic E-state index is 0.106. The van der Waals surface area contributed by atoms with E-state index in [9.17, 15) is 4.39 Å².